The molecule has 0 aliphatic rings. The second-order valence-corrected chi connectivity index (χ2v) is 5.72. The summed E-state index contributed by atoms with van der Waals surface area (Å²) in [6.07, 6.45) is 5.34. The van der Waals surface area contributed by atoms with Gasteiger partial charge in [-0.3, -0.25) is 9.67 Å². The molecule has 7 heteroatoms. The van der Waals surface area contributed by atoms with E-state index in [2.05, 4.69) is 44.5 Å². The third-order valence-electron chi connectivity index (χ3n) is 3.99. The Bertz CT molecular complexity index is 827. The number of nitrogens with zero attached hydrogens (tertiary/aromatic N) is 5. The molecule has 3 aromatic rings. The minimum absolute atomic E-state index is 0.619. The van der Waals surface area contributed by atoms with E-state index in [-0.39, 0.29) is 0 Å². The second-order valence-electron chi connectivity index (χ2n) is 5.72. The van der Waals surface area contributed by atoms with E-state index in [9.17, 15) is 0 Å². The van der Waals surface area contributed by atoms with Gasteiger partial charge in [-0.25, -0.2) is 9.97 Å². The number of hydrogen-bond acceptors (Lipinski definition) is 6. The zero-order chi connectivity index (χ0) is 17.6. The molecule has 0 bridgehead atoms. The van der Waals surface area contributed by atoms with Gasteiger partial charge in [0, 0.05) is 49.5 Å². The number of nitrogens with one attached hydrogen (secondary N) is 2. The fourth-order valence-electron chi connectivity index (χ4n) is 2.81. The van der Waals surface area contributed by atoms with E-state index in [4.69, 9.17) is 0 Å². The smallest absolute Gasteiger partial charge is 0.223 e. The fraction of sp³-hybridized carbons (Fsp3) is 0.333. The molecule has 0 amide bonds. The first kappa shape index (κ1) is 16.9. The van der Waals surface area contributed by atoms with Crippen molar-refractivity contribution >= 4 is 11.6 Å². The molecule has 25 heavy (non-hydrogen) atoms. The maximum Gasteiger partial charge on any atom is 0.223 e. The summed E-state index contributed by atoms with van der Waals surface area (Å²) in [6.45, 7) is 8.50. The molecule has 0 fully saturated rings. The highest BCUT2D eigenvalue weighted by molar-refractivity contribution is 5.65. The summed E-state index contributed by atoms with van der Waals surface area (Å²) in [5.74, 6) is 0.619. The molecule has 0 unspecified atom stereocenters. The molecule has 0 aromatic carbocycles. The van der Waals surface area contributed by atoms with Crippen molar-refractivity contribution in [1.82, 2.24) is 24.7 Å². The first-order valence-electron chi connectivity index (χ1n) is 8.44. The van der Waals surface area contributed by atoms with Crippen molar-refractivity contribution in [2.75, 3.05) is 23.7 Å². The quantitative estimate of drug-likeness (QED) is 0.645. The summed E-state index contributed by atoms with van der Waals surface area (Å²) in [6, 6.07) is 5.82. The van der Waals surface area contributed by atoms with Crippen LogP contribution in [0.15, 0.2) is 36.8 Å². The largest absolute Gasteiger partial charge is 0.382 e. The standard InChI is InChI=1S/C18H23N7/c1-4-25-14(3)17(13(2)24-25)16-7-9-21-18(23-16)22-11-10-20-15-6-5-8-19-12-15/h5-9,12,20H,4,10-11H2,1-3H3,(H,21,22,23). The molecule has 0 aliphatic heterocycles. The van der Waals surface area contributed by atoms with Crippen LogP contribution in [0.4, 0.5) is 11.6 Å². The van der Waals surface area contributed by atoms with E-state index in [1.54, 1.807) is 18.6 Å². The molecule has 130 valence electrons. The number of rotatable bonds is 7. The molecule has 2 N–H and O–H groups in total. The lowest BCUT2D eigenvalue weighted by Gasteiger charge is -2.08. The lowest BCUT2D eigenvalue weighted by molar-refractivity contribution is 0.634. The first-order valence-corrected chi connectivity index (χ1v) is 8.44. The number of hydrogen-bond donors (Lipinski definition) is 2. The van der Waals surface area contributed by atoms with Gasteiger partial charge in [-0.15, -0.1) is 0 Å². The highest BCUT2D eigenvalue weighted by Gasteiger charge is 2.14. The summed E-state index contributed by atoms with van der Waals surface area (Å²) in [5, 5.41) is 11.1. The van der Waals surface area contributed by atoms with Crippen LogP contribution in [-0.2, 0) is 6.54 Å². The Morgan fingerprint density at radius 3 is 2.64 bits per heavy atom. The minimum atomic E-state index is 0.619. The summed E-state index contributed by atoms with van der Waals surface area (Å²) in [7, 11) is 0. The second kappa shape index (κ2) is 7.74. The predicted molar refractivity (Wildman–Crippen MR) is 99.6 cm³/mol. The molecule has 0 radical (unpaired) electrons. The average Bonchev–Trinajstić information content (AvgIpc) is 2.93. The Hall–Kier alpha value is -2.96. The third-order valence-corrected chi connectivity index (χ3v) is 3.99. The number of anilines is 2. The van der Waals surface area contributed by atoms with E-state index < -0.39 is 0 Å². The van der Waals surface area contributed by atoms with Crippen LogP contribution in [0.25, 0.3) is 11.3 Å². The van der Waals surface area contributed by atoms with Gasteiger partial charge in [0.2, 0.25) is 5.95 Å². The van der Waals surface area contributed by atoms with Crippen LogP contribution < -0.4 is 10.6 Å². The van der Waals surface area contributed by atoms with Crippen molar-refractivity contribution in [3.63, 3.8) is 0 Å². The lowest BCUT2D eigenvalue weighted by atomic mass is 10.1. The molecular weight excluding hydrogens is 314 g/mol. The van der Waals surface area contributed by atoms with Crippen molar-refractivity contribution in [2.24, 2.45) is 0 Å². The molecule has 3 heterocycles. The van der Waals surface area contributed by atoms with Crippen molar-refractivity contribution < 1.29 is 0 Å². The molecule has 3 aromatic heterocycles. The lowest BCUT2D eigenvalue weighted by Crippen LogP contribution is -2.15. The topological polar surface area (TPSA) is 80.5 Å². The van der Waals surface area contributed by atoms with Crippen LogP contribution in [0.2, 0.25) is 0 Å². The maximum absolute atomic E-state index is 4.64. The predicted octanol–water partition coefficient (Wildman–Crippen LogP) is 2.90. The van der Waals surface area contributed by atoms with Gasteiger partial charge in [-0.05, 0) is 39.0 Å². The molecule has 0 saturated carbocycles. The first-order chi connectivity index (χ1) is 12.2. The van der Waals surface area contributed by atoms with Crippen LogP contribution in [0.1, 0.15) is 18.3 Å². The average molecular weight is 337 g/mol. The van der Waals surface area contributed by atoms with Gasteiger partial charge in [0.15, 0.2) is 0 Å². The van der Waals surface area contributed by atoms with Crippen molar-refractivity contribution in [3.8, 4) is 11.3 Å². The Balaban J connectivity index is 1.65. The van der Waals surface area contributed by atoms with Gasteiger partial charge in [-0.1, -0.05) is 0 Å². The molecule has 7 nitrogen and oxygen atoms in total. The minimum Gasteiger partial charge on any atom is -0.382 e. The number of pyridine rings is 1. The Morgan fingerprint density at radius 2 is 1.92 bits per heavy atom. The molecule has 0 spiro atoms. The van der Waals surface area contributed by atoms with Crippen molar-refractivity contribution in [1.29, 1.82) is 0 Å². The zero-order valence-corrected chi connectivity index (χ0v) is 14.8. The number of aromatic nitrogens is 5. The van der Waals surface area contributed by atoms with Crippen LogP contribution in [-0.4, -0.2) is 37.8 Å². The van der Waals surface area contributed by atoms with Crippen LogP contribution in [0.5, 0.6) is 0 Å². The fourth-order valence-corrected chi connectivity index (χ4v) is 2.81. The van der Waals surface area contributed by atoms with E-state index in [1.165, 1.54) is 0 Å². The zero-order valence-electron chi connectivity index (χ0n) is 14.8. The third kappa shape index (κ3) is 3.93. The summed E-state index contributed by atoms with van der Waals surface area (Å²) >= 11 is 0. The van der Waals surface area contributed by atoms with Crippen LogP contribution in [0.3, 0.4) is 0 Å². The van der Waals surface area contributed by atoms with E-state index in [0.717, 1.165) is 41.4 Å². The van der Waals surface area contributed by atoms with Crippen molar-refractivity contribution in [3.05, 3.63) is 48.2 Å². The van der Waals surface area contributed by atoms with Gasteiger partial charge in [-0.2, -0.15) is 5.10 Å². The molecule has 0 saturated heterocycles. The molecule has 0 aliphatic carbocycles. The van der Waals surface area contributed by atoms with Crippen LogP contribution >= 0.6 is 0 Å². The van der Waals surface area contributed by atoms with Crippen molar-refractivity contribution in [2.45, 2.75) is 27.3 Å². The van der Waals surface area contributed by atoms with Gasteiger partial charge >= 0.3 is 0 Å². The maximum atomic E-state index is 4.64. The van der Waals surface area contributed by atoms with Gasteiger partial charge in [0.25, 0.3) is 0 Å². The molecule has 0 atom stereocenters. The number of aryl methyl sites for hydroxylation is 2. The monoisotopic (exact) mass is 337 g/mol. The Kier molecular flexibility index (Phi) is 5.23. The summed E-state index contributed by atoms with van der Waals surface area (Å²) in [5.41, 5.74) is 5.09. The van der Waals surface area contributed by atoms with Crippen LogP contribution in [0, 0.1) is 13.8 Å². The van der Waals surface area contributed by atoms with Gasteiger partial charge in [0.1, 0.15) is 0 Å². The summed E-state index contributed by atoms with van der Waals surface area (Å²) in [4.78, 5) is 13.0. The Labute approximate surface area is 147 Å². The molecular formula is C18H23N7. The van der Waals surface area contributed by atoms with E-state index in [1.807, 2.05) is 29.8 Å². The van der Waals surface area contributed by atoms with E-state index in [0.29, 0.717) is 12.5 Å². The van der Waals surface area contributed by atoms with Gasteiger partial charge < -0.3 is 10.6 Å². The van der Waals surface area contributed by atoms with E-state index >= 15 is 0 Å². The molecule has 3 rings (SSSR count). The Morgan fingerprint density at radius 1 is 1.08 bits per heavy atom. The highest BCUT2D eigenvalue weighted by Crippen LogP contribution is 2.25. The SMILES string of the molecule is CCn1nc(C)c(-c2ccnc(NCCNc3cccnc3)n2)c1C. The summed E-state index contributed by atoms with van der Waals surface area (Å²) < 4.78 is 2.00. The highest BCUT2D eigenvalue weighted by atomic mass is 15.3. The van der Waals surface area contributed by atoms with Gasteiger partial charge in [0.05, 0.1) is 17.1 Å². The normalized spacial score (nSPS) is 10.7.